The second kappa shape index (κ2) is 12.1. The topological polar surface area (TPSA) is 106 Å². The smallest absolute Gasteiger partial charge is 0.291 e. The number of rotatable bonds is 8. The largest absolute Gasteiger partial charge is 0.318 e. The summed E-state index contributed by atoms with van der Waals surface area (Å²) in [6.45, 7) is 2.64. The van der Waals surface area contributed by atoms with Gasteiger partial charge >= 0.3 is 0 Å². The average Bonchev–Trinajstić information content (AvgIpc) is 3.22. The van der Waals surface area contributed by atoms with Gasteiger partial charge in [-0.3, -0.25) is 14.4 Å². The van der Waals surface area contributed by atoms with Crippen molar-refractivity contribution in [1.82, 2.24) is 14.5 Å². The monoisotopic (exact) mass is 605 g/mol. The Morgan fingerprint density at radius 3 is 2.35 bits per heavy atom. The van der Waals surface area contributed by atoms with Crippen molar-refractivity contribution in [2.75, 3.05) is 10.6 Å². The fourth-order valence-corrected chi connectivity index (χ4v) is 4.66. The van der Waals surface area contributed by atoms with Crippen molar-refractivity contribution in [3.63, 3.8) is 0 Å². The number of amides is 2. The molecule has 0 fully saturated rings. The highest BCUT2D eigenvalue weighted by molar-refractivity contribution is 6.31. The number of Topliss-reactive ketones (excluding diaryl/α,β-unsaturated/α-hetero) is 1. The Morgan fingerprint density at radius 1 is 0.950 bits per heavy atom. The van der Waals surface area contributed by atoms with Gasteiger partial charge in [-0.2, -0.15) is 0 Å². The third-order valence-corrected chi connectivity index (χ3v) is 6.55. The van der Waals surface area contributed by atoms with Gasteiger partial charge in [-0.15, -0.1) is 0 Å². The summed E-state index contributed by atoms with van der Waals surface area (Å²) in [5.41, 5.74) is 0.656. The molecule has 0 saturated carbocycles. The van der Waals surface area contributed by atoms with E-state index in [1.807, 2.05) is 0 Å². The van der Waals surface area contributed by atoms with Crippen molar-refractivity contribution < 1.29 is 23.2 Å². The molecule has 8 nitrogen and oxygen atoms in total. The molecule has 0 aliphatic heterocycles. The van der Waals surface area contributed by atoms with Gasteiger partial charge in [-0.25, -0.2) is 18.7 Å². The molecule has 206 valence electrons. The van der Waals surface area contributed by atoms with E-state index in [1.165, 1.54) is 54.1 Å². The van der Waals surface area contributed by atoms with Gasteiger partial charge in [0.25, 0.3) is 11.8 Å². The number of hydrogen-bond donors (Lipinski definition) is 2. The Bertz CT molecular complexity index is 1610. The Kier molecular flexibility index (Phi) is 8.82. The predicted molar refractivity (Wildman–Crippen MR) is 148 cm³/mol. The van der Waals surface area contributed by atoms with E-state index in [-0.39, 0.29) is 56.1 Å². The lowest BCUT2D eigenvalue weighted by atomic mass is 9.96. The minimum absolute atomic E-state index is 0.0102. The molecule has 13 heteroatoms. The highest BCUT2D eigenvalue weighted by Crippen LogP contribution is 2.36. The molecule has 0 radical (unpaired) electrons. The highest BCUT2D eigenvalue weighted by atomic mass is 35.5. The van der Waals surface area contributed by atoms with E-state index in [2.05, 4.69) is 20.6 Å². The first-order valence-electron chi connectivity index (χ1n) is 11.7. The van der Waals surface area contributed by atoms with Crippen LogP contribution >= 0.6 is 34.8 Å². The van der Waals surface area contributed by atoms with Crippen LogP contribution in [0.1, 0.15) is 52.0 Å². The van der Waals surface area contributed by atoms with E-state index in [0.29, 0.717) is 5.56 Å². The molecule has 0 aliphatic rings. The van der Waals surface area contributed by atoms with Crippen LogP contribution in [0.15, 0.2) is 54.7 Å². The van der Waals surface area contributed by atoms with Crippen LogP contribution in [-0.4, -0.2) is 32.1 Å². The quantitative estimate of drug-likeness (QED) is 0.216. The van der Waals surface area contributed by atoms with Gasteiger partial charge in [-0.1, -0.05) is 41.7 Å². The maximum Gasteiger partial charge on any atom is 0.291 e. The predicted octanol–water partition coefficient (Wildman–Crippen LogP) is 6.76. The minimum Gasteiger partial charge on any atom is -0.318 e. The van der Waals surface area contributed by atoms with Gasteiger partial charge in [0.1, 0.15) is 22.6 Å². The number of carbonyl (C=O) groups is 3. The first kappa shape index (κ1) is 29.1. The lowest BCUT2D eigenvalue weighted by Gasteiger charge is -2.19. The molecule has 0 spiro atoms. The number of benzene rings is 2. The highest BCUT2D eigenvalue weighted by Gasteiger charge is 2.29. The maximum atomic E-state index is 14.2. The van der Waals surface area contributed by atoms with Crippen LogP contribution in [0.5, 0.6) is 0 Å². The van der Waals surface area contributed by atoms with Crippen LogP contribution in [0, 0.1) is 11.6 Å². The third kappa shape index (κ3) is 6.64. The number of ketones is 1. The van der Waals surface area contributed by atoms with Crippen molar-refractivity contribution >= 4 is 63.9 Å². The standard InChI is InChI=1S/C27H20Cl3F2N5O3/c1-13(38)12-37-23(14(2)20-10-17(31)3-5-21(20)29)24(36-26(39)15-7-16(28)9-18(32)8-15)35-25(37)27(40)34-19-4-6-22(30)33-11-19/h3-11,14H,12H2,1-2H3,(H,34,40)(H,36,39)/t14-/m0/s1. The van der Waals surface area contributed by atoms with Crippen molar-refractivity contribution in [3.8, 4) is 0 Å². The van der Waals surface area contributed by atoms with Gasteiger partial charge in [0.2, 0.25) is 5.82 Å². The molecule has 2 aromatic heterocycles. The molecule has 4 rings (SSSR count). The first-order chi connectivity index (χ1) is 18.9. The van der Waals surface area contributed by atoms with Crippen molar-refractivity contribution in [2.45, 2.75) is 26.3 Å². The molecule has 2 aromatic carbocycles. The lowest BCUT2D eigenvalue weighted by Crippen LogP contribution is -2.22. The zero-order chi connectivity index (χ0) is 29.1. The second-order valence-corrected chi connectivity index (χ2v) is 10.0. The number of nitrogens with one attached hydrogen (secondary N) is 2. The summed E-state index contributed by atoms with van der Waals surface area (Å²) in [4.78, 5) is 47.1. The van der Waals surface area contributed by atoms with Gasteiger partial charge < -0.3 is 15.2 Å². The molecule has 0 aliphatic carbocycles. The number of hydrogen-bond acceptors (Lipinski definition) is 5. The van der Waals surface area contributed by atoms with Gasteiger partial charge in [-0.05, 0) is 61.0 Å². The summed E-state index contributed by atoms with van der Waals surface area (Å²) >= 11 is 18.1. The number of anilines is 2. The summed E-state index contributed by atoms with van der Waals surface area (Å²) in [5, 5.41) is 5.60. The van der Waals surface area contributed by atoms with E-state index < -0.39 is 29.4 Å². The molecule has 1 atom stereocenters. The fraction of sp³-hybridized carbons (Fsp3) is 0.148. The number of halogens is 5. The number of nitrogens with zero attached hydrogens (tertiary/aromatic N) is 3. The van der Waals surface area contributed by atoms with Crippen molar-refractivity contribution in [3.05, 3.63) is 104 Å². The zero-order valence-electron chi connectivity index (χ0n) is 20.9. The molecule has 4 aromatic rings. The number of carbonyl (C=O) groups excluding carboxylic acids is 3. The Morgan fingerprint density at radius 2 is 1.70 bits per heavy atom. The molecule has 0 unspecified atom stereocenters. The Labute approximate surface area is 242 Å². The molecule has 40 heavy (non-hydrogen) atoms. The van der Waals surface area contributed by atoms with Crippen LogP contribution in [0.4, 0.5) is 20.3 Å². The maximum absolute atomic E-state index is 14.2. The van der Waals surface area contributed by atoms with Crippen LogP contribution in [0.25, 0.3) is 0 Å². The molecular weight excluding hydrogens is 587 g/mol. The Hall–Kier alpha value is -3.86. The van der Waals surface area contributed by atoms with Gasteiger partial charge in [0.05, 0.1) is 24.1 Å². The normalized spacial score (nSPS) is 11.7. The average molecular weight is 607 g/mol. The molecule has 2 amide bonds. The van der Waals surface area contributed by atoms with Crippen LogP contribution in [-0.2, 0) is 11.3 Å². The first-order valence-corrected chi connectivity index (χ1v) is 12.8. The van der Waals surface area contributed by atoms with E-state index in [9.17, 15) is 23.2 Å². The van der Waals surface area contributed by atoms with Crippen LogP contribution < -0.4 is 10.6 Å². The molecule has 0 saturated heterocycles. The lowest BCUT2D eigenvalue weighted by molar-refractivity contribution is -0.117. The van der Waals surface area contributed by atoms with Crippen molar-refractivity contribution in [2.24, 2.45) is 0 Å². The fourth-order valence-electron chi connectivity index (χ4n) is 4.05. The number of imidazole rings is 1. The van der Waals surface area contributed by atoms with E-state index in [0.717, 1.165) is 12.1 Å². The summed E-state index contributed by atoms with van der Waals surface area (Å²) in [6.07, 6.45) is 1.32. The number of aromatic nitrogens is 3. The van der Waals surface area contributed by atoms with E-state index in [1.54, 1.807) is 6.92 Å². The molecule has 2 N–H and O–H groups in total. The van der Waals surface area contributed by atoms with E-state index >= 15 is 0 Å². The van der Waals surface area contributed by atoms with Crippen molar-refractivity contribution in [1.29, 1.82) is 0 Å². The Balaban J connectivity index is 1.86. The molecular formula is C27H20Cl3F2N5O3. The van der Waals surface area contributed by atoms with Crippen LogP contribution in [0.2, 0.25) is 15.2 Å². The molecule has 2 heterocycles. The summed E-state index contributed by atoms with van der Waals surface area (Å²) in [7, 11) is 0. The summed E-state index contributed by atoms with van der Waals surface area (Å²) < 4.78 is 29.5. The van der Waals surface area contributed by atoms with Gasteiger partial charge in [0, 0.05) is 21.5 Å². The molecule has 0 bridgehead atoms. The zero-order valence-corrected chi connectivity index (χ0v) is 23.2. The van der Waals surface area contributed by atoms with Gasteiger partial charge in [0.15, 0.2) is 5.82 Å². The SMILES string of the molecule is CC(=O)Cn1c(C(=O)Nc2ccc(Cl)nc2)nc(NC(=O)c2cc(F)cc(Cl)c2)c1[C@@H](C)c1cc(F)ccc1Cl. The number of pyridine rings is 1. The summed E-state index contributed by atoms with van der Waals surface area (Å²) in [6, 6.07) is 9.99. The minimum atomic E-state index is -0.790. The second-order valence-electron chi connectivity index (χ2n) is 8.78. The van der Waals surface area contributed by atoms with E-state index in [4.69, 9.17) is 34.8 Å². The summed E-state index contributed by atoms with van der Waals surface area (Å²) in [5.74, 6) is -4.33. The van der Waals surface area contributed by atoms with Crippen LogP contribution in [0.3, 0.4) is 0 Å². The third-order valence-electron chi connectivity index (χ3n) is 5.77.